The average molecular weight is 483 g/mol. The van der Waals surface area contributed by atoms with Gasteiger partial charge in [0.2, 0.25) is 11.8 Å². The lowest BCUT2D eigenvalue weighted by Crippen LogP contribution is -2.49. The third-order valence-electron chi connectivity index (χ3n) is 6.74. The number of nitrogens with one attached hydrogen (secondary N) is 1. The molecule has 5 nitrogen and oxygen atoms in total. The Kier molecular flexibility index (Phi) is 7.13. The number of alkyl halides is 2. The number of hydrogen-bond donors (Lipinski definition) is 2. The summed E-state index contributed by atoms with van der Waals surface area (Å²) in [6, 6.07) is 6.68. The lowest BCUT2D eigenvalue weighted by Gasteiger charge is -2.44. The van der Waals surface area contributed by atoms with E-state index in [-0.39, 0.29) is 42.8 Å². The molecule has 1 saturated carbocycles. The molecule has 2 aliphatic rings. The monoisotopic (exact) mass is 482 g/mol. The van der Waals surface area contributed by atoms with Crippen molar-refractivity contribution in [2.24, 2.45) is 22.9 Å². The number of halogens is 4. The van der Waals surface area contributed by atoms with E-state index >= 15 is 0 Å². The van der Waals surface area contributed by atoms with Gasteiger partial charge in [-0.15, -0.1) is 0 Å². The highest BCUT2D eigenvalue weighted by Gasteiger charge is 2.43. The van der Waals surface area contributed by atoms with Gasteiger partial charge in [0.05, 0.1) is 11.6 Å². The van der Waals surface area contributed by atoms with Crippen LogP contribution in [0.2, 0.25) is 0 Å². The Morgan fingerprint density at radius 1 is 1.15 bits per heavy atom. The highest BCUT2D eigenvalue weighted by atomic mass is 32.2. The molecule has 0 unspecified atom stereocenters. The highest BCUT2D eigenvalue weighted by molar-refractivity contribution is 7.97. The SMILES string of the molecule is NSc1cc(NC(=O)[C@@H]2CN(c3ccc(F)cc3F)CC[C@H]2C2CCC(F)(F)CC2)ccn1. The van der Waals surface area contributed by atoms with Crippen LogP contribution in [0, 0.1) is 29.4 Å². The smallest absolute Gasteiger partial charge is 0.248 e. The van der Waals surface area contributed by atoms with Crippen molar-refractivity contribution in [1.29, 1.82) is 0 Å². The Morgan fingerprint density at radius 2 is 1.91 bits per heavy atom. The molecule has 1 aromatic carbocycles. The summed E-state index contributed by atoms with van der Waals surface area (Å²) in [4.78, 5) is 19.2. The topological polar surface area (TPSA) is 71.2 Å². The first-order valence-electron chi connectivity index (χ1n) is 11.0. The van der Waals surface area contributed by atoms with Crippen LogP contribution in [-0.4, -0.2) is 29.9 Å². The van der Waals surface area contributed by atoms with E-state index in [1.165, 1.54) is 18.3 Å². The zero-order chi connectivity index (χ0) is 23.6. The summed E-state index contributed by atoms with van der Waals surface area (Å²) in [5.74, 6) is -4.93. The number of carbonyl (C=O) groups excluding carboxylic acids is 1. The largest absolute Gasteiger partial charge is 0.368 e. The summed E-state index contributed by atoms with van der Waals surface area (Å²) in [5.41, 5.74) is 0.760. The summed E-state index contributed by atoms with van der Waals surface area (Å²) in [7, 11) is 0. The van der Waals surface area contributed by atoms with Crippen LogP contribution >= 0.6 is 11.9 Å². The third kappa shape index (κ3) is 5.60. The minimum atomic E-state index is -2.65. The van der Waals surface area contributed by atoms with Crippen molar-refractivity contribution in [1.82, 2.24) is 4.98 Å². The zero-order valence-electron chi connectivity index (χ0n) is 17.9. The van der Waals surface area contributed by atoms with Crippen LogP contribution in [0.15, 0.2) is 41.6 Å². The van der Waals surface area contributed by atoms with E-state index in [2.05, 4.69) is 10.3 Å². The molecule has 1 amide bonds. The molecule has 3 N–H and O–H groups in total. The van der Waals surface area contributed by atoms with Gasteiger partial charge >= 0.3 is 0 Å². The van der Waals surface area contributed by atoms with Gasteiger partial charge in [-0.1, -0.05) is 0 Å². The fraction of sp³-hybridized carbons (Fsp3) is 0.478. The Bertz CT molecular complexity index is 998. The quantitative estimate of drug-likeness (QED) is 0.451. The van der Waals surface area contributed by atoms with Crippen LogP contribution < -0.4 is 15.4 Å². The molecule has 2 fully saturated rings. The third-order valence-corrected chi connectivity index (χ3v) is 7.21. The van der Waals surface area contributed by atoms with Gasteiger partial charge < -0.3 is 10.2 Å². The molecular formula is C23H26F4N4OS. The maximum Gasteiger partial charge on any atom is 0.248 e. The maximum absolute atomic E-state index is 14.4. The van der Waals surface area contributed by atoms with Gasteiger partial charge in [-0.25, -0.2) is 22.5 Å². The number of pyridine rings is 1. The lowest BCUT2D eigenvalue weighted by atomic mass is 9.70. The average Bonchev–Trinajstić information content (AvgIpc) is 2.79. The molecule has 2 aromatic rings. The Hall–Kier alpha value is -2.33. The molecule has 4 rings (SSSR count). The van der Waals surface area contributed by atoms with Crippen molar-refractivity contribution >= 4 is 29.2 Å². The second-order valence-corrected chi connectivity index (χ2v) is 9.44. The molecule has 2 heterocycles. The van der Waals surface area contributed by atoms with Crippen molar-refractivity contribution < 1.29 is 22.4 Å². The van der Waals surface area contributed by atoms with Crippen LogP contribution in [0.25, 0.3) is 0 Å². The fourth-order valence-electron chi connectivity index (χ4n) is 5.05. The first kappa shape index (κ1) is 23.8. The second kappa shape index (κ2) is 9.89. The number of piperidine rings is 1. The number of rotatable bonds is 5. The zero-order valence-corrected chi connectivity index (χ0v) is 18.8. The minimum absolute atomic E-state index is 0.00631. The van der Waals surface area contributed by atoms with Gasteiger partial charge in [0, 0.05) is 43.9 Å². The van der Waals surface area contributed by atoms with E-state index < -0.39 is 23.5 Å². The number of anilines is 2. The number of nitrogens with zero attached hydrogens (tertiary/aromatic N) is 2. The molecule has 0 spiro atoms. The summed E-state index contributed by atoms with van der Waals surface area (Å²) in [6.45, 7) is 0.683. The van der Waals surface area contributed by atoms with Crippen LogP contribution in [-0.2, 0) is 4.79 Å². The fourth-order valence-corrected chi connectivity index (χ4v) is 5.36. The van der Waals surface area contributed by atoms with Crippen LogP contribution in [0.3, 0.4) is 0 Å². The van der Waals surface area contributed by atoms with E-state index in [9.17, 15) is 22.4 Å². The number of nitrogens with two attached hydrogens (primary N) is 1. The van der Waals surface area contributed by atoms with Crippen molar-refractivity contribution in [3.8, 4) is 0 Å². The molecular weight excluding hydrogens is 456 g/mol. The highest BCUT2D eigenvalue weighted by Crippen LogP contribution is 2.44. The Morgan fingerprint density at radius 3 is 2.61 bits per heavy atom. The summed E-state index contributed by atoms with van der Waals surface area (Å²) >= 11 is 0.955. The van der Waals surface area contributed by atoms with E-state index in [1.807, 2.05) is 0 Å². The number of aromatic nitrogens is 1. The minimum Gasteiger partial charge on any atom is -0.368 e. The molecule has 0 radical (unpaired) electrons. The molecule has 1 aliphatic heterocycles. The van der Waals surface area contributed by atoms with Crippen molar-refractivity contribution in [3.05, 3.63) is 48.2 Å². The summed E-state index contributed by atoms with van der Waals surface area (Å²) < 4.78 is 55.3. The number of hydrogen-bond acceptors (Lipinski definition) is 5. The van der Waals surface area contributed by atoms with Crippen molar-refractivity contribution in [2.45, 2.75) is 43.1 Å². The Labute approximate surface area is 194 Å². The normalized spacial score (nSPS) is 23.4. The van der Waals surface area contributed by atoms with E-state index in [0.29, 0.717) is 36.5 Å². The maximum atomic E-state index is 14.4. The summed E-state index contributed by atoms with van der Waals surface area (Å²) in [6.07, 6.45) is 2.45. The van der Waals surface area contributed by atoms with E-state index in [4.69, 9.17) is 5.14 Å². The number of amides is 1. The molecule has 178 valence electrons. The molecule has 1 aromatic heterocycles. The summed E-state index contributed by atoms with van der Waals surface area (Å²) in [5, 5.41) is 8.98. The lowest BCUT2D eigenvalue weighted by molar-refractivity contribution is -0.123. The predicted molar refractivity (Wildman–Crippen MR) is 120 cm³/mol. The van der Waals surface area contributed by atoms with E-state index in [0.717, 1.165) is 18.0 Å². The first-order valence-corrected chi connectivity index (χ1v) is 11.9. The second-order valence-electron chi connectivity index (χ2n) is 8.78. The first-order chi connectivity index (χ1) is 15.8. The van der Waals surface area contributed by atoms with Crippen LogP contribution in [0.5, 0.6) is 0 Å². The van der Waals surface area contributed by atoms with E-state index in [1.54, 1.807) is 17.0 Å². The number of carbonyl (C=O) groups is 1. The Balaban J connectivity index is 1.56. The van der Waals surface area contributed by atoms with Crippen LogP contribution in [0.1, 0.15) is 32.1 Å². The van der Waals surface area contributed by atoms with Crippen molar-refractivity contribution in [3.63, 3.8) is 0 Å². The van der Waals surface area contributed by atoms with Gasteiger partial charge in [-0.2, -0.15) is 0 Å². The standard InChI is InChI=1S/C23H26F4N4OS/c24-15-1-2-20(19(25)11-15)31-10-6-17(14-3-7-23(26,27)8-4-14)18(13-31)22(32)30-16-5-9-29-21(12-16)33-28/h1-2,5,9,11-12,14,17-18H,3-4,6-8,10,13,28H2,(H,29,30,32)/t17-,18+/m0/s1. The van der Waals surface area contributed by atoms with Gasteiger partial charge in [-0.3, -0.25) is 9.93 Å². The molecule has 1 aliphatic carbocycles. The van der Waals surface area contributed by atoms with Gasteiger partial charge in [0.25, 0.3) is 0 Å². The van der Waals surface area contributed by atoms with Crippen molar-refractivity contribution in [2.75, 3.05) is 23.3 Å². The molecule has 10 heteroatoms. The predicted octanol–water partition coefficient (Wildman–Crippen LogP) is 5.23. The van der Waals surface area contributed by atoms with Gasteiger partial charge in [-0.05, 0) is 67.3 Å². The molecule has 33 heavy (non-hydrogen) atoms. The van der Waals surface area contributed by atoms with Crippen LogP contribution in [0.4, 0.5) is 28.9 Å². The molecule has 1 saturated heterocycles. The van der Waals surface area contributed by atoms with Gasteiger partial charge in [0.1, 0.15) is 16.7 Å². The molecule has 0 bridgehead atoms. The molecule has 2 atom stereocenters. The number of benzene rings is 1. The van der Waals surface area contributed by atoms with Gasteiger partial charge in [0.15, 0.2) is 0 Å².